The number of carbonyl (C=O) groups is 1. The monoisotopic (exact) mass is 394 g/mol. The summed E-state index contributed by atoms with van der Waals surface area (Å²) in [7, 11) is 0. The molecule has 0 aromatic heterocycles. The van der Waals surface area contributed by atoms with Gasteiger partial charge in [0.25, 0.3) is 0 Å². The first-order valence-electron chi connectivity index (χ1n) is 11.6. The van der Waals surface area contributed by atoms with Crippen LogP contribution in [0.15, 0.2) is 36.4 Å². The highest BCUT2D eigenvalue weighted by Crippen LogP contribution is 2.68. The molecule has 0 radical (unpaired) electrons. The van der Waals surface area contributed by atoms with Crippen LogP contribution in [0.25, 0.3) is 6.08 Å². The normalized spacial score (nSPS) is 47.7. The van der Waals surface area contributed by atoms with Gasteiger partial charge in [-0.1, -0.05) is 77.1 Å². The zero-order chi connectivity index (χ0) is 21.0. The fourth-order valence-corrected chi connectivity index (χ4v) is 7.48. The summed E-state index contributed by atoms with van der Waals surface area (Å²) in [6, 6.07) is 10.5. The number of hydrogen-bond acceptors (Lipinski definition) is 2. The van der Waals surface area contributed by atoms with E-state index in [0.29, 0.717) is 30.0 Å². The quantitative estimate of drug-likeness (QED) is 0.654. The minimum atomic E-state index is -0.454. The smallest absolute Gasteiger partial charge is 0.137 e. The molecule has 0 amide bonds. The Balaban J connectivity index is 1.80. The predicted octanol–water partition coefficient (Wildman–Crippen LogP) is 6.14. The SMILES string of the molecule is C[C@@H]1CCC23CCC(=O)C2[C@]1(C)[C@H](O)C[C@@](C)(/C=C/c1ccccc1)[C@@H](C)[C@@H]3C. The molecule has 158 valence electrons. The van der Waals surface area contributed by atoms with Gasteiger partial charge in [-0.25, -0.2) is 0 Å². The number of aliphatic hydroxyl groups is 1. The van der Waals surface area contributed by atoms with Crippen molar-refractivity contribution in [2.75, 3.05) is 0 Å². The number of carbonyl (C=O) groups excluding carboxylic acids is 1. The first-order valence-corrected chi connectivity index (χ1v) is 11.6. The number of benzene rings is 1. The van der Waals surface area contributed by atoms with E-state index in [0.717, 1.165) is 25.7 Å². The number of rotatable bonds is 2. The average Bonchev–Trinajstić information content (AvgIpc) is 3.07. The maximum atomic E-state index is 13.2. The molecule has 0 aliphatic heterocycles. The lowest BCUT2D eigenvalue weighted by molar-refractivity contribution is -0.178. The number of allylic oxidation sites excluding steroid dienone is 1. The van der Waals surface area contributed by atoms with Crippen LogP contribution in [0.2, 0.25) is 0 Å². The summed E-state index contributed by atoms with van der Waals surface area (Å²) in [4.78, 5) is 13.2. The van der Waals surface area contributed by atoms with Crippen molar-refractivity contribution >= 4 is 11.9 Å². The molecule has 3 aliphatic carbocycles. The second kappa shape index (κ2) is 7.08. The van der Waals surface area contributed by atoms with Crippen LogP contribution in [0.5, 0.6) is 0 Å². The Bertz CT molecular complexity index is 798. The van der Waals surface area contributed by atoms with Crippen molar-refractivity contribution in [3.8, 4) is 0 Å². The van der Waals surface area contributed by atoms with Gasteiger partial charge in [0.15, 0.2) is 0 Å². The van der Waals surface area contributed by atoms with Gasteiger partial charge in [0.2, 0.25) is 0 Å². The second-order valence-electron chi connectivity index (χ2n) is 11.0. The van der Waals surface area contributed by atoms with Gasteiger partial charge in [-0.2, -0.15) is 0 Å². The molecule has 3 saturated carbocycles. The molecule has 2 nitrogen and oxygen atoms in total. The molecule has 29 heavy (non-hydrogen) atoms. The third kappa shape index (κ3) is 2.97. The topological polar surface area (TPSA) is 37.3 Å². The van der Waals surface area contributed by atoms with Gasteiger partial charge >= 0.3 is 0 Å². The van der Waals surface area contributed by atoms with E-state index in [1.54, 1.807) is 0 Å². The Morgan fingerprint density at radius 3 is 2.41 bits per heavy atom. The van der Waals surface area contributed by atoms with E-state index < -0.39 is 6.10 Å². The zero-order valence-electron chi connectivity index (χ0n) is 18.8. The van der Waals surface area contributed by atoms with E-state index >= 15 is 0 Å². The second-order valence-corrected chi connectivity index (χ2v) is 11.0. The van der Waals surface area contributed by atoms with Gasteiger partial charge in [-0.3, -0.25) is 4.79 Å². The van der Waals surface area contributed by atoms with E-state index in [2.05, 4.69) is 71.0 Å². The van der Waals surface area contributed by atoms with Crippen molar-refractivity contribution in [1.82, 2.24) is 0 Å². The molecule has 2 heteroatoms. The van der Waals surface area contributed by atoms with Crippen LogP contribution in [0.3, 0.4) is 0 Å². The molecule has 0 saturated heterocycles. The zero-order valence-corrected chi connectivity index (χ0v) is 18.8. The predicted molar refractivity (Wildman–Crippen MR) is 119 cm³/mol. The fraction of sp³-hybridized carbons (Fsp3) is 0.667. The van der Waals surface area contributed by atoms with Crippen molar-refractivity contribution in [2.45, 2.75) is 72.8 Å². The fourth-order valence-electron chi connectivity index (χ4n) is 7.48. The molecule has 4 rings (SSSR count). The molecule has 0 heterocycles. The Hall–Kier alpha value is -1.41. The molecule has 2 unspecified atom stereocenters. The Morgan fingerprint density at radius 2 is 1.72 bits per heavy atom. The highest BCUT2D eigenvalue weighted by atomic mass is 16.3. The average molecular weight is 395 g/mol. The lowest BCUT2D eigenvalue weighted by Gasteiger charge is -2.62. The van der Waals surface area contributed by atoms with Crippen LogP contribution in [-0.2, 0) is 4.79 Å². The van der Waals surface area contributed by atoms with Crippen molar-refractivity contribution in [2.24, 2.45) is 39.9 Å². The van der Waals surface area contributed by atoms with E-state index in [4.69, 9.17) is 0 Å². The summed E-state index contributed by atoms with van der Waals surface area (Å²) >= 11 is 0. The molecular formula is C27H38O2. The highest BCUT2D eigenvalue weighted by Gasteiger charge is 2.66. The van der Waals surface area contributed by atoms with Gasteiger partial charge < -0.3 is 5.11 Å². The van der Waals surface area contributed by atoms with Gasteiger partial charge in [0.1, 0.15) is 5.78 Å². The standard InChI is InChI=1S/C27H38O2/c1-18-11-15-27-16-13-22(28)24(27)26(18,5)23(29)17-25(4,19(2)20(27)3)14-12-21-9-7-6-8-10-21/h6-10,12,14,18-20,23-24,29H,11,13,15-17H2,1-5H3/b14-12+/t18-,19+,20+,23-,24?,25-,26+,27?/m1/s1. The van der Waals surface area contributed by atoms with Crippen LogP contribution in [-0.4, -0.2) is 17.0 Å². The van der Waals surface area contributed by atoms with Crippen LogP contribution in [0.1, 0.15) is 72.3 Å². The number of Topliss-reactive ketones (excluding diaryl/α,β-unsaturated/α-hetero) is 1. The summed E-state index contributed by atoms with van der Waals surface area (Å²) in [6.45, 7) is 11.6. The molecule has 8 atom stereocenters. The molecule has 1 aromatic carbocycles. The first kappa shape index (κ1) is 20.8. The largest absolute Gasteiger partial charge is 0.392 e. The third-order valence-corrected chi connectivity index (χ3v) is 9.96. The molecule has 0 spiro atoms. The van der Waals surface area contributed by atoms with Crippen LogP contribution in [0, 0.1) is 39.9 Å². The van der Waals surface area contributed by atoms with Crippen LogP contribution < -0.4 is 0 Å². The summed E-state index contributed by atoms with van der Waals surface area (Å²) in [5.41, 5.74) is 0.844. The van der Waals surface area contributed by atoms with Crippen LogP contribution in [0.4, 0.5) is 0 Å². The Labute approximate surface area is 176 Å². The van der Waals surface area contributed by atoms with E-state index in [1.807, 2.05) is 6.07 Å². The molecule has 1 N–H and O–H groups in total. The first-order chi connectivity index (χ1) is 13.6. The Kier molecular flexibility index (Phi) is 5.09. The number of ketones is 1. The van der Waals surface area contributed by atoms with Gasteiger partial charge in [0.05, 0.1) is 6.10 Å². The molecule has 2 bridgehead atoms. The number of hydrogen-bond donors (Lipinski definition) is 1. The summed E-state index contributed by atoms with van der Waals surface area (Å²) in [6.07, 6.45) is 8.83. The van der Waals surface area contributed by atoms with Crippen molar-refractivity contribution < 1.29 is 9.90 Å². The van der Waals surface area contributed by atoms with Gasteiger partial charge in [-0.05, 0) is 59.8 Å². The maximum absolute atomic E-state index is 13.2. The van der Waals surface area contributed by atoms with Crippen molar-refractivity contribution in [1.29, 1.82) is 0 Å². The summed E-state index contributed by atoms with van der Waals surface area (Å²) < 4.78 is 0. The van der Waals surface area contributed by atoms with Crippen LogP contribution >= 0.6 is 0 Å². The maximum Gasteiger partial charge on any atom is 0.137 e. The van der Waals surface area contributed by atoms with Gasteiger partial charge in [0, 0.05) is 17.8 Å². The molecule has 1 aromatic rings. The lowest BCUT2D eigenvalue weighted by atomic mass is 9.42. The Morgan fingerprint density at radius 1 is 1.03 bits per heavy atom. The molecule has 3 fully saturated rings. The summed E-state index contributed by atoms with van der Waals surface area (Å²) in [5.74, 6) is 1.68. The van der Waals surface area contributed by atoms with E-state index in [1.165, 1.54) is 5.56 Å². The van der Waals surface area contributed by atoms with E-state index in [9.17, 15) is 9.90 Å². The van der Waals surface area contributed by atoms with E-state index in [-0.39, 0.29) is 22.2 Å². The summed E-state index contributed by atoms with van der Waals surface area (Å²) in [5, 5.41) is 11.7. The lowest BCUT2D eigenvalue weighted by Crippen LogP contribution is -2.60. The van der Waals surface area contributed by atoms with Crippen molar-refractivity contribution in [3.05, 3.63) is 42.0 Å². The minimum Gasteiger partial charge on any atom is -0.392 e. The third-order valence-electron chi connectivity index (χ3n) is 9.96. The number of aliphatic hydroxyl groups excluding tert-OH is 1. The molecular weight excluding hydrogens is 356 g/mol. The highest BCUT2D eigenvalue weighted by molar-refractivity contribution is 5.85. The van der Waals surface area contributed by atoms with Crippen molar-refractivity contribution in [3.63, 3.8) is 0 Å². The van der Waals surface area contributed by atoms with Gasteiger partial charge in [-0.15, -0.1) is 0 Å². The molecule has 3 aliphatic rings. The minimum absolute atomic E-state index is 0.0221.